The SMILES string of the molecule is CCC(O)(C#CCC[C@H](C)C1=CCC2C3=CC=C4C[C@@H](O)C[C@H](O)[C@]4(C)C3CC[C@]12C)CC.[3H][B]SO[C@@H]1CC2=CC=C3C(CC[C@]4(C)C([C@@H](C)CCC#CC(O)(CC)CC)=CCC34)[C@@]2(C)[C@@H](OS[B][3H])C1. The summed E-state index contributed by atoms with van der Waals surface area (Å²) in [4.78, 5) is 0. The van der Waals surface area contributed by atoms with Gasteiger partial charge >= 0.3 is 0 Å². The van der Waals surface area contributed by atoms with E-state index >= 15 is 0 Å². The van der Waals surface area contributed by atoms with Crippen molar-refractivity contribution in [1.82, 2.24) is 0 Å². The zero-order valence-electron chi connectivity index (χ0n) is 46.5. The molecule has 0 aromatic rings. The molecule has 8 aliphatic carbocycles. The standard InChI is InChI=1S/C30H44B2O3S2.C30H44O3/c1-6-30(33,7-2)16-9-8-10-20(3)24-13-14-25-23-12-11-21-18-22(34-36-31)19-27(35-37-32)29(21,5)26(23)15-17-28(24,25)4;1-6-30(33,7-2)16-9-8-10-20(3)24-13-14-25-23-12-11-21-18-22(31)19-27(32)29(21,5)26(23)15-17-28(24,25)4/h11-13,20,22,25-27,31-33H,6-8,10,14-15,17-19H2,1-5H3;11-13,20,22,25-27,31-33H,6-8,10,14-15,17-19H2,1-5H3/t2*20-,22+,25?,26?,27-,28+,29-/m00/s1/i31T,32T;. The summed E-state index contributed by atoms with van der Waals surface area (Å²) in [7, 11) is 2.50. The maximum Gasteiger partial charge on any atom is 0.209 e. The summed E-state index contributed by atoms with van der Waals surface area (Å²) in [6, 6.07) is 0. The van der Waals surface area contributed by atoms with Crippen molar-refractivity contribution in [2.24, 2.45) is 57.2 Å². The van der Waals surface area contributed by atoms with Crippen LogP contribution < -0.4 is 0 Å². The number of fused-ring (bicyclic) bond motifs is 10. The number of rotatable bonds is 16. The highest BCUT2D eigenvalue weighted by Gasteiger charge is 2.59. The Morgan fingerprint density at radius 2 is 1.16 bits per heavy atom. The third-order valence-corrected chi connectivity index (χ3v) is 21.1. The molecule has 0 aromatic carbocycles. The molecular formula is C60H88B2O6S2. The molecule has 4 N–H and O–H groups in total. The van der Waals surface area contributed by atoms with Gasteiger partial charge in [0.1, 0.15) is 11.2 Å². The van der Waals surface area contributed by atoms with Gasteiger partial charge in [0, 0.05) is 36.5 Å². The minimum atomic E-state index is -0.843. The van der Waals surface area contributed by atoms with Gasteiger partial charge in [-0.05, 0) is 139 Å². The maximum absolute atomic E-state index is 11.1. The zero-order chi connectivity index (χ0) is 52.3. The van der Waals surface area contributed by atoms with Gasteiger partial charge < -0.3 is 28.8 Å². The predicted octanol–water partition coefficient (Wildman–Crippen LogP) is 12.4. The minimum Gasteiger partial charge on any atom is -0.393 e. The molecule has 14 atom stereocenters. The van der Waals surface area contributed by atoms with Crippen LogP contribution >= 0.6 is 23.8 Å². The van der Waals surface area contributed by atoms with E-state index < -0.39 is 23.4 Å². The largest absolute Gasteiger partial charge is 0.393 e. The normalized spacial score (nSPS) is 37.3. The Labute approximate surface area is 438 Å². The first kappa shape index (κ1) is 53.0. The molecule has 0 heterocycles. The number of allylic oxidation sites excluding steroid dienone is 10. The van der Waals surface area contributed by atoms with Crippen LogP contribution in [0, 0.1) is 80.8 Å². The van der Waals surface area contributed by atoms with Crippen LogP contribution in [-0.2, 0) is 8.37 Å². The lowest BCUT2D eigenvalue weighted by molar-refractivity contribution is -0.0492. The Hall–Kier alpha value is -1.85. The summed E-state index contributed by atoms with van der Waals surface area (Å²) in [5.74, 6) is 15.6. The van der Waals surface area contributed by atoms with Crippen molar-refractivity contribution in [3.63, 3.8) is 0 Å². The fraction of sp³-hybridized carbons (Fsp3) is 0.733. The quantitative estimate of drug-likeness (QED) is 0.0525. The van der Waals surface area contributed by atoms with Gasteiger partial charge in [-0.2, -0.15) is 0 Å². The van der Waals surface area contributed by atoms with Crippen molar-refractivity contribution in [1.29, 1.82) is 2.67 Å². The Bertz CT molecular complexity index is 2260. The molecule has 0 aromatic heterocycles. The molecule has 0 saturated heterocycles. The van der Waals surface area contributed by atoms with Crippen LogP contribution in [0.1, 0.15) is 185 Å². The molecule has 8 rings (SSSR count). The summed E-state index contributed by atoms with van der Waals surface area (Å²) in [6.45, 7) is 22.3. The van der Waals surface area contributed by atoms with E-state index in [-0.39, 0.29) is 33.9 Å². The second kappa shape index (κ2) is 22.6. The first-order chi connectivity index (χ1) is 34.2. The van der Waals surface area contributed by atoms with E-state index in [1.165, 1.54) is 37.3 Å². The summed E-state index contributed by atoms with van der Waals surface area (Å²) in [5.41, 5.74) is 7.25. The van der Waals surface area contributed by atoms with Gasteiger partial charge in [-0.25, -0.2) is 0 Å². The third-order valence-electron chi connectivity index (χ3n) is 20.4. The summed E-state index contributed by atoms with van der Waals surface area (Å²) >= 11 is 2.21. The van der Waals surface area contributed by atoms with Crippen molar-refractivity contribution in [3.8, 4) is 23.7 Å². The number of hydrogen-bond acceptors (Lipinski definition) is 8. The number of aliphatic hydroxyl groups is 4. The van der Waals surface area contributed by atoms with E-state index in [9.17, 15) is 20.4 Å². The molecule has 4 saturated carbocycles. The van der Waals surface area contributed by atoms with E-state index in [2.05, 4.69) is 102 Å². The van der Waals surface area contributed by atoms with E-state index in [4.69, 9.17) is 11.0 Å². The Morgan fingerprint density at radius 1 is 0.686 bits per heavy atom. The fourth-order valence-electron chi connectivity index (χ4n) is 15.4. The van der Waals surface area contributed by atoms with Gasteiger partial charge in [-0.1, -0.05) is 175 Å². The molecular weight excluding hydrogens is 902 g/mol. The van der Waals surface area contributed by atoms with Crippen molar-refractivity contribution in [2.75, 3.05) is 0 Å². The van der Waals surface area contributed by atoms with Crippen LogP contribution in [0.2, 0.25) is 0 Å². The average Bonchev–Trinajstić information content (AvgIpc) is 3.92. The van der Waals surface area contributed by atoms with E-state index in [0.29, 0.717) is 74.0 Å². The lowest BCUT2D eigenvalue weighted by atomic mass is 9.49. The van der Waals surface area contributed by atoms with Crippen molar-refractivity contribution >= 4 is 38.0 Å². The summed E-state index contributed by atoms with van der Waals surface area (Å²) < 4.78 is 27.1. The second-order valence-electron chi connectivity index (χ2n) is 23.7. The summed E-state index contributed by atoms with van der Waals surface area (Å²) in [5, 5.41) is 42.2. The zero-order valence-corrected chi connectivity index (χ0v) is 46.2. The van der Waals surface area contributed by atoms with Crippen LogP contribution in [0.3, 0.4) is 0 Å². The smallest absolute Gasteiger partial charge is 0.209 e. The van der Waals surface area contributed by atoms with E-state index in [1.807, 2.05) is 27.7 Å². The van der Waals surface area contributed by atoms with Crippen LogP contribution in [0.15, 0.2) is 69.9 Å². The Balaban J connectivity index is 0.000000214. The lowest BCUT2D eigenvalue weighted by Crippen LogP contribution is -2.52. The highest BCUT2D eigenvalue weighted by atomic mass is 32.2. The van der Waals surface area contributed by atoms with Gasteiger partial charge in [-0.15, -0.1) is 11.8 Å². The highest BCUT2D eigenvalue weighted by molar-refractivity contribution is 8.16. The maximum atomic E-state index is 11.1. The molecule has 10 heteroatoms. The molecule has 6 nitrogen and oxygen atoms in total. The Morgan fingerprint density at radius 3 is 1.64 bits per heavy atom. The lowest BCUT2D eigenvalue weighted by Gasteiger charge is -2.57. The monoisotopic (exact) mass is 995 g/mol. The van der Waals surface area contributed by atoms with E-state index in [1.54, 1.807) is 16.7 Å². The molecule has 2 radical (unpaired) electrons. The molecule has 0 spiro atoms. The van der Waals surface area contributed by atoms with Crippen molar-refractivity contribution in [3.05, 3.63) is 69.9 Å². The van der Waals surface area contributed by atoms with Crippen molar-refractivity contribution in [2.45, 2.75) is 220 Å². The van der Waals surface area contributed by atoms with Gasteiger partial charge in [0.15, 0.2) is 0 Å². The minimum absolute atomic E-state index is 0.00501. The van der Waals surface area contributed by atoms with Gasteiger partial charge in [-0.3, -0.25) is 0 Å². The molecule has 70 heavy (non-hydrogen) atoms. The van der Waals surface area contributed by atoms with Crippen LogP contribution in [0.5, 0.6) is 0 Å². The highest BCUT2D eigenvalue weighted by Crippen LogP contribution is 2.67. The number of aliphatic hydroxyl groups excluding tert-OH is 2. The molecule has 8 aliphatic rings. The fourth-order valence-corrected chi connectivity index (χ4v) is 16.1. The first-order valence-corrected chi connectivity index (χ1v) is 28.9. The van der Waals surface area contributed by atoms with Crippen LogP contribution in [0.4, 0.5) is 0 Å². The number of hydrogen-bond donors (Lipinski definition) is 4. The first-order valence-electron chi connectivity index (χ1n) is 28.5. The van der Waals surface area contributed by atoms with Gasteiger partial charge in [0.2, 0.25) is 14.2 Å². The molecule has 4 unspecified atom stereocenters. The van der Waals surface area contributed by atoms with E-state index in [0.717, 1.165) is 94.4 Å². The summed E-state index contributed by atoms with van der Waals surface area (Å²) in [6.07, 6.45) is 29.4. The molecule has 4 fully saturated rings. The third kappa shape index (κ3) is 10.4. The second-order valence-corrected chi connectivity index (χ2v) is 24.5. The average molecular weight is 995 g/mol. The molecule has 0 bridgehead atoms. The molecule has 382 valence electrons. The molecule has 0 aliphatic heterocycles. The topological polar surface area (TPSA) is 99.4 Å². The van der Waals surface area contributed by atoms with Crippen LogP contribution in [0.25, 0.3) is 0 Å². The Kier molecular flexibility index (Phi) is 17.1. The van der Waals surface area contributed by atoms with Gasteiger partial charge in [0.25, 0.3) is 0 Å². The van der Waals surface area contributed by atoms with Crippen LogP contribution in [-0.4, -0.2) is 72.9 Å². The van der Waals surface area contributed by atoms with Crippen molar-refractivity contribution < 1.29 is 28.8 Å². The predicted molar refractivity (Wildman–Crippen MR) is 296 cm³/mol. The van der Waals surface area contributed by atoms with Gasteiger partial charge in [0.05, 0.1) is 24.4 Å². The molecule has 0 amide bonds.